The van der Waals surface area contributed by atoms with E-state index >= 15 is 0 Å². The summed E-state index contributed by atoms with van der Waals surface area (Å²) in [6.45, 7) is -0.00460. The lowest BCUT2D eigenvalue weighted by Gasteiger charge is -2.02. The summed E-state index contributed by atoms with van der Waals surface area (Å²) >= 11 is 0. The number of carbonyl (C=O) groups is 2. The van der Waals surface area contributed by atoms with Crippen LogP contribution in [0.3, 0.4) is 0 Å². The summed E-state index contributed by atoms with van der Waals surface area (Å²) in [6.07, 6.45) is -2.74. The van der Waals surface area contributed by atoms with Crippen molar-refractivity contribution in [3.8, 4) is 0 Å². The van der Waals surface area contributed by atoms with Crippen molar-refractivity contribution in [2.24, 2.45) is 0 Å². The lowest BCUT2D eigenvalue weighted by atomic mass is 10.7. The van der Waals surface area contributed by atoms with Crippen LogP contribution in [0, 0.1) is 0 Å². The molecule has 0 spiro atoms. The summed E-state index contributed by atoms with van der Waals surface area (Å²) in [4.78, 5) is 19.6. The largest absolute Gasteiger partial charge is 0.505 e. The van der Waals surface area contributed by atoms with Crippen LogP contribution in [0.1, 0.15) is 0 Å². The minimum atomic E-state index is -1.37. The molecule has 7 heteroatoms. The third-order valence-electron chi connectivity index (χ3n) is 0.906. The van der Waals surface area contributed by atoms with E-state index in [1.807, 2.05) is 0 Å². The van der Waals surface area contributed by atoms with Gasteiger partial charge in [0.2, 0.25) is 0 Å². The van der Waals surface area contributed by atoms with Gasteiger partial charge >= 0.3 is 12.3 Å². The molecule has 2 N–H and O–H groups in total. The summed E-state index contributed by atoms with van der Waals surface area (Å²) in [5.74, 6) is 0. The zero-order chi connectivity index (χ0) is 10.1. The molecule has 0 bridgehead atoms. The number of carboxylic acid groups (broad SMARTS) is 2. The van der Waals surface area contributed by atoms with Crippen LogP contribution in [0.4, 0.5) is 9.59 Å². The van der Waals surface area contributed by atoms with E-state index in [-0.39, 0.29) is 26.4 Å². The molecule has 0 aliphatic heterocycles. The summed E-state index contributed by atoms with van der Waals surface area (Å²) in [5.41, 5.74) is 0. The van der Waals surface area contributed by atoms with Gasteiger partial charge in [-0.3, -0.25) is 0 Å². The maximum atomic E-state index is 9.80. The average Bonchev–Trinajstić information content (AvgIpc) is 2.01. The molecule has 0 amide bonds. The van der Waals surface area contributed by atoms with Gasteiger partial charge in [-0.1, -0.05) is 0 Å². The third-order valence-corrected chi connectivity index (χ3v) is 0.906. The van der Waals surface area contributed by atoms with E-state index in [0.717, 1.165) is 0 Å². The highest BCUT2D eigenvalue weighted by Crippen LogP contribution is 1.81. The second-order valence-corrected chi connectivity index (χ2v) is 1.84. The van der Waals surface area contributed by atoms with Crippen molar-refractivity contribution in [3.05, 3.63) is 0 Å². The molecular weight excluding hydrogens is 184 g/mol. The first-order valence-corrected chi connectivity index (χ1v) is 3.42. The second-order valence-electron chi connectivity index (χ2n) is 1.84. The van der Waals surface area contributed by atoms with Gasteiger partial charge in [0, 0.05) is 0 Å². The number of rotatable bonds is 6. The smallest absolute Gasteiger partial charge is 0.450 e. The number of hydrogen-bond acceptors (Lipinski definition) is 5. The molecule has 76 valence electrons. The second kappa shape index (κ2) is 7.17. The summed E-state index contributed by atoms with van der Waals surface area (Å²) in [6, 6.07) is 0. The monoisotopic (exact) mass is 194 g/mol. The quantitative estimate of drug-likeness (QED) is 0.465. The molecule has 0 saturated heterocycles. The molecule has 0 aromatic heterocycles. The molecule has 13 heavy (non-hydrogen) atoms. The first-order chi connectivity index (χ1) is 6.13. The minimum absolute atomic E-state index is 0.0786. The first-order valence-electron chi connectivity index (χ1n) is 3.42. The molecule has 0 radical (unpaired) electrons. The third kappa shape index (κ3) is 10.5. The summed E-state index contributed by atoms with van der Waals surface area (Å²) in [5, 5.41) is 16.0. The van der Waals surface area contributed by atoms with Crippen LogP contribution in [0.15, 0.2) is 0 Å². The Hall–Kier alpha value is -1.50. The van der Waals surface area contributed by atoms with Gasteiger partial charge in [-0.25, -0.2) is 9.59 Å². The van der Waals surface area contributed by atoms with E-state index in [9.17, 15) is 9.59 Å². The van der Waals surface area contributed by atoms with Gasteiger partial charge in [0.1, 0.15) is 13.2 Å². The van der Waals surface area contributed by atoms with Gasteiger partial charge in [-0.05, 0) is 0 Å². The van der Waals surface area contributed by atoms with Crippen molar-refractivity contribution < 1.29 is 34.0 Å². The van der Waals surface area contributed by atoms with Crippen molar-refractivity contribution in [1.82, 2.24) is 0 Å². The Morgan fingerprint density at radius 3 is 1.54 bits per heavy atom. The van der Waals surface area contributed by atoms with Crippen LogP contribution in [0.5, 0.6) is 0 Å². The Balaban J connectivity index is 3.00. The maximum absolute atomic E-state index is 9.80. The number of ether oxygens (including phenoxy) is 3. The van der Waals surface area contributed by atoms with Crippen molar-refractivity contribution in [2.75, 3.05) is 26.4 Å². The first kappa shape index (κ1) is 11.5. The normalized spacial score (nSPS) is 9.23. The predicted molar refractivity (Wildman–Crippen MR) is 38.8 cm³/mol. The van der Waals surface area contributed by atoms with E-state index in [2.05, 4.69) is 9.47 Å². The predicted octanol–water partition coefficient (Wildman–Crippen LogP) is 0.392. The van der Waals surface area contributed by atoms with E-state index in [1.54, 1.807) is 0 Å². The van der Waals surface area contributed by atoms with Gasteiger partial charge in [0.25, 0.3) is 0 Å². The van der Waals surface area contributed by atoms with Crippen molar-refractivity contribution >= 4 is 12.3 Å². The Bertz CT molecular complexity index is 148. The molecule has 0 aliphatic carbocycles. The molecule has 0 unspecified atom stereocenters. The molecule has 0 atom stereocenters. The van der Waals surface area contributed by atoms with E-state index in [4.69, 9.17) is 14.9 Å². The lowest BCUT2D eigenvalue weighted by Crippen LogP contribution is -2.12. The Morgan fingerprint density at radius 2 is 1.23 bits per heavy atom. The lowest BCUT2D eigenvalue weighted by molar-refractivity contribution is 0.0230. The molecule has 0 saturated carbocycles. The molecule has 0 aromatic carbocycles. The highest BCUT2D eigenvalue weighted by atomic mass is 16.7. The fourth-order valence-corrected chi connectivity index (χ4v) is 0.478. The van der Waals surface area contributed by atoms with Crippen molar-refractivity contribution in [1.29, 1.82) is 0 Å². The Morgan fingerprint density at radius 1 is 0.846 bits per heavy atom. The summed E-state index contributed by atoms with van der Waals surface area (Å²) in [7, 11) is 0. The highest BCUT2D eigenvalue weighted by molar-refractivity contribution is 5.56. The van der Waals surface area contributed by atoms with Crippen molar-refractivity contribution in [2.45, 2.75) is 0 Å². The fraction of sp³-hybridized carbons (Fsp3) is 0.667. The molecular formula is C6H10O7. The average molecular weight is 194 g/mol. The van der Waals surface area contributed by atoms with Gasteiger partial charge in [-0.15, -0.1) is 0 Å². The van der Waals surface area contributed by atoms with E-state index in [1.165, 1.54) is 0 Å². The van der Waals surface area contributed by atoms with Gasteiger partial charge in [-0.2, -0.15) is 0 Å². The van der Waals surface area contributed by atoms with Crippen molar-refractivity contribution in [3.63, 3.8) is 0 Å². The van der Waals surface area contributed by atoms with Gasteiger partial charge in [0.15, 0.2) is 0 Å². The van der Waals surface area contributed by atoms with Gasteiger partial charge in [0.05, 0.1) is 13.2 Å². The summed E-state index contributed by atoms with van der Waals surface area (Å²) < 4.78 is 13.0. The van der Waals surface area contributed by atoms with Crippen LogP contribution in [0.25, 0.3) is 0 Å². The van der Waals surface area contributed by atoms with Crippen LogP contribution in [0.2, 0.25) is 0 Å². The topological polar surface area (TPSA) is 102 Å². The molecule has 0 aromatic rings. The molecule has 7 nitrogen and oxygen atoms in total. The van der Waals surface area contributed by atoms with Crippen LogP contribution < -0.4 is 0 Å². The Kier molecular flexibility index (Phi) is 6.34. The van der Waals surface area contributed by atoms with E-state index < -0.39 is 12.3 Å². The highest BCUT2D eigenvalue weighted by Gasteiger charge is 1.97. The number of hydrogen-bond donors (Lipinski definition) is 2. The molecule has 0 fully saturated rings. The van der Waals surface area contributed by atoms with Crippen LogP contribution >= 0.6 is 0 Å². The SMILES string of the molecule is O=C(O)OCCOCCOC(=O)O. The molecule has 0 aliphatic rings. The Labute approximate surface area is 73.8 Å². The fourth-order valence-electron chi connectivity index (χ4n) is 0.478. The van der Waals surface area contributed by atoms with Crippen LogP contribution in [-0.2, 0) is 14.2 Å². The zero-order valence-electron chi connectivity index (χ0n) is 6.76. The van der Waals surface area contributed by atoms with Crippen LogP contribution in [-0.4, -0.2) is 49.0 Å². The van der Waals surface area contributed by atoms with Gasteiger partial charge < -0.3 is 24.4 Å². The maximum Gasteiger partial charge on any atom is 0.505 e. The zero-order valence-corrected chi connectivity index (χ0v) is 6.76. The standard InChI is InChI=1S/C6H10O7/c7-5(8)12-3-1-11-2-4-13-6(9)10/h1-4H2,(H,7,8)(H,9,10). The molecule has 0 heterocycles. The molecule has 0 rings (SSSR count). The minimum Gasteiger partial charge on any atom is -0.450 e. The van der Waals surface area contributed by atoms with E-state index in [0.29, 0.717) is 0 Å².